The van der Waals surface area contributed by atoms with E-state index in [0.29, 0.717) is 18.0 Å². The van der Waals surface area contributed by atoms with Gasteiger partial charge < -0.3 is 15.4 Å². The maximum absolute atomic E-state index is 12.2. The van der Waals surface area contributed by atoms with E-state index in [0.717, 1.165) is 39.0 Å². The summed E-state index contributed by atoms with van der Waals surface area (Å²) < 4.78 is 5.40. The number of carbonyl (C=O) groups is 1. The minimum Gasteiger partial charge on any atom is -0.381 e. The van der Waals surface area contributed by atoms with Crippen LogP contribution in [0.15, 0.2) is 0 Å². The van der Waals surface area contributed by atoms with Gasteiger partial charge in [0.15, 0.2) is 0 Å². The van der Waals surface area contributed by atoms with Gasteiger partial charge in [0.25, 0.3) is 0 Å². The molecular formula is C13H24N2O2. The van der Waals surface area contributed by atoms with Crippen molar-refractivity contribution in [2.75, 3.05) is 19.8 Å². The first-order chi connectivity index (χ1) is 8.18. The SMILES string of the molecule is CC1COCCC1NC(=O)C1CCCNC1C. The zero-order valence-corrected chi connectivity index (χ0v) is 10.9. The van der Waals surface area contributed by atoms with Gasteiger partial charge in [-0.05, 0) is 38.6 Å². The molecule has 98 valence electrons. The second kappa shape index (κ2) is 5.83. The molecule has 4 nitrogen and oxygen atoms in total. The molecule has 2 fully saturated rings. The highest BCUT2D eigenvalue weighted by molar-refractivity contribution is 5.79. The van der Waals surface area contributed by atoms with E-state index in [1.807, 2.05) is 0 Å². The molecule has 2 N–H and O–H groups in total. The third-order valence-electron chi connectivity index (χ3n) is 4.07. The Labute approximate surface area is 103 Å². The first-order valence-corrected chi connectivity index (χ1v) is 6.80. The zero-order valence-electron chi connectivity index (χ0n) is 10.9. The number of piperidine rings is 1. The Bertz CT molecular complexity index is 270. The lowest BCUT2D eigenvalue weighted by Crippen LogP contribution is -2.51. The number of carbonyl (C=O) groups excluding carboxylic acids is 1. The van der Waals surface area contributed by atoms with Crippen molar-refractivity contribution in [1.82, 2.24) is 10.6 Å². The van der Waals surface area contributed by atoms with Crippen LogP contribution in [0.4, 0.5) is 0 Å². The highest BCUT2D eigenvalue weighted by Crippen LogP contribution is 2.19. The van der Waals surface area contributed by atoms with Crippen molar-refractivity contribution in [3.63, 3.8) is 0 Å². The standard InChI is InChI=1S/C13H24N2O2/c1-9-8-17-7-5-12(9)15-13(16)11-4-3-6-14-10(11)2/h9-12,14H,3-8H2,1-2H3,(H,15,16). The molecule has 2 heterocycles. The number of nitrogens with one attached hydrogen (secondary N) is 2. The van der Waals surface area contributed by atoms with Gasteiger partial charge in [-0.2, -0.15) is 0 Å². The van der Waals surface area contributed by atoms with Gasteiger partial charge in [0, 0.05) is 18.7 Å². The molecule has 0 bridgehead atoms. The van der Waals surface area contributed by atoms with Crippen LogP contribution in [0.1, 0.15) is 33.1 Å². The number of rotatable bonds is 2. The number of ether oxygens (including phenoxy) is 1. The average Bonchev–Trinajstić information content (AvgIpc) is 2.32. The van der Waals surface area contributed by atoms with E-state index in [4.69, 9.17) is 4.74 Å². The predicted octanol–water partition coefficient (Wildman–Crippen LogP) is 0.916. The Morgan fingerprint density at radius 1 is 1.35 bits per heavy atom. The molecule has 2 rings (SSSR count). The van der Waals surface area contributed by atoms with Gasteiger partial charge >= 0.3 is 0 Å². The summed E-state index contributed by atoms with van der Waals surface area (Å²) in [6.07, 6.45) is 3.06. The molecule has 0 spiro atoms. The molecule has 0 aromatic heterocycles. The lowest BCUT2D eigenvalue weighted by molar-refractivity contribution is -0.128. The summed E-state index contributed by atoms with van der Waals surface area (Å²) in [5.41, 5.74) is 0. The van der Waals surface area contributed by atoms with Gasteiger partial charge in [-0.1, -0.05) is 6.92 Å². The summed E-state index contributed by atoms with van der Waals surface area (Å²) in [5, 5.41) is 6.59. The first-order valence-electron chi connectivity index (χ1n) is 6.80. The van der Waals surface area contributed by atoms with Gasteiger partial charge in [0.05, 0.1) is 12.5 Å². The van der Waals surface area contributed by atoms with Gasteiger partial charge in [0.1, 0.15) is 0 Å². The Hall–Kier alpha value is -0.610. The third kappa shape index (κ3) is 3.19. The van der Waals surface area contributed by atoms with Crippen molar-refractivity contribution >= 4 is 5.91 Å². The highest BCUT2D eigenvalue weighted by Gasteiger charge is 2.31. The van der Waals surface area contributed by atoms with E-state index >= 15 is 0 Å². The Morgan fingerprint density at radius 3 is 2.88 bits per heavy atom. The molecule has 2 saturated heterocycles. The maximum atomic E-state index is 12.2. The molecule has 0 aliphatic carbocycles. The number of hydrogen-bond donors (Lipinski definition) is 2. The van der Waals surface area contributed by atoms with Gasteiger partial charge in [-0.3, -0.25) is 4.79 Å². The summed E-state index contributed by atoms with van der Waals surface area (Å²) in [6.45, 7) is 6.83. The topological polar surface area (TPSA) is 50.4 Å². The predicted molar refractivity (Wildman–Crippen MR) is 66.7 cm³/mol. The smallest absolute Gasteiger partial charge is 0.224 e. The molecule has 17 heavy (non-hydrogen) atoms. The molecule has 0 radical (unpaired) electrons. The second-order valence-electron chi connectivity index (χ2n) is 5.45. The van der Waals surface area contributed by atoms with Gasteiger partial charge in [-0.25, -0.2) is 0 Å². The van der Waals surface area contributed by atoms with Crippen LogP contribution in [0.25, 0.3) is 0 Å². The van der Waals surface area contributed by atoms with Crippen LogP contribution in [-0.4, -0.2) is 37.7 Å². The fourth-order valence-electron chi connectivity index (χ4n) is 2.79. The molecule has 2 aliphatic rings. The Morgan fingerprint density at radius 2 is 2.18 bits per heavy atom. The quantitative estimate of drug-likeness (QED) is 0.754. The normalized spacial score (nSPS) is 38.7. The minimum atomic E-state index is 0.138. The lowest BCUT2D eigenvalue weighted by Gasteiger charge is -2.34. The molecular weight excluding hydrogens is 216 g/mol. The lowest BCUT2D eigenvalue weighted by atomic mass is 9.89. The largest absolute Gasteiger partial charge is 0.381 e. The third-order valence-corrected chi connectivity index (χ3v) is 4.07. The van der Waals surface area contributed by atoms with E-state index in [9.17, 15) is 4.79 Å². The Kier molecular flexibility index (Phi) is 4.40. The van der Waals surface area contributed by atoms with Crippen molar-refractivity contribution in [3.05, 3.63) is 0 Å². The fourth-order valence-corrected chi connectivity index (χ4v) is 2.79. The van der Waals surface area contributed by atoms with Crippen LogP contribution in [0.3, 0.4) is 0 Å². The number of amides is 1. The van der Waals surface area contributed by atoms with Crippen molar-refractivity contribution < 1.29 is 9.53 Å². The molecule has 0 saturated carbocycles. The summed E-state index contributed by atoms with van der Waals surface area (Å²) in [6, 6.07) is 0.601. The van der Waals surface area contributed by atoms with Crippen molar-refractivity contribution in [3.8, 4) is 0 Å². The van der Waals surface area contributed by atoms with Crippen molar-refractivity contribution in [2.45, 2.75) is 45.2 Å². The van der Waals surface area contributed by atoms with Gasteiger partial charge in [-0.15, -0.1) is 0 Å². The Balaban J connectivity index is 1.86. The highest BCUT2D eigenvalue weighted by atomic mass is 16.5. The molecule has 0 aromatic rings. The van der Waals surface area contributed by atoms with Crippen LogP contribution < -0.4 is 10.6 Å². The number of hydrogen-bond acceptors (Lipinski definition) is 3. The second-order valence-corrected chi connectivity index (χ2v) is 5.45. The van der Waals surface area contributed by atoms with Crippen molar-refractivity contribution in [1.29, 1.82) is 0 Å². The monoisotopic (exact) mass is 240 g/mol. The summed E-state index contributed by atoms with van der Waals surface area (Å²) in [4.78, 5) is 12.2. The van der Waals surface area contributed by atoms with Crippen LogP contribution in [0.5, 0.6) is 0 Å². The summed E-state index contributed by atoms with van der Waals surface area (Å²) in [5.74, 6) is 0.793. The molecule has 4 heteroatoms. The van der Waals surface area contributed by atoms with E-state index in [1.165, 1.54) is 0 Å². The molecule has 4 atom stereocenters. The van der Waals surface area contributed by atoms with E-state index in [2.05, 4.69) is 24.5 Å². The van der Waals surface area contributed by atoms with Gasteiger partial charge in [0.2, 0.25) is 5.91 Å². The van der Waals surface area contributed by atoms with Crippen molar-refractivity contribution in [2.24, 2.45) is 11.8 Å². The zero-order chi connectivity index (χ0) is 12.3. The minimum absolute atomic E-state index is 0.138. The fraction of sp³-hybridized carbons (Fsp3) is 0.923. The molecule has 2 aliphatic heterocycles. The van der Waals surface area contributed by atoms with Crippen LogP contribution in [0, 0.1) is 11.8 Å². The van der Waals surface area contributed by atoms with Crippen LogP contribution >= 0.6 is 0 Å². The van der Waals surface area contributed by atoms with E-state index in [-0.39, 0.29) is 11.8 Å². The summed E-state index contributed by atoms with van der Waals surface area (Å²) in [7, 11) is 0. The van der Waals surface area contributed by atoms with E-state index in [1.54, 1.807) is 0 Å². The first kappa shape index (κ1) is 12.8. The molecule has 1 amide bonds. The average molecular weight is 240 g/mol. The molecule has 0 aromatic carbocycles. The maximum Gasteiger partial charge on any atom is 0.224 e. The van der Waals surface area contributed by atoms with Crippen LogP contribution in [-0.2, 0) is 9.53 Å². The van der Waals surface area contributed by atoms with E-state index < -0.39 is 0 Å². The van der Waals surface area contributed by atoms with Crippen LogP contribution in [0.2, 0.25) is 0 Å². The molecule has 4 unspecified atom stereocenters. The summed E-state index contributed by atoms with van der Waals surface area (Å²) >= 11 is 0.